The van der Waals surface area contributed by atoms with Crippen molar-refractivity contribution in [3.63, 3.8) is 0 Å². The predicted molar refractivity (Wildman–Crippen MR) is 58.3 cm³/mol. The van der Waals surface area contributed by atoms with Gasteiger partial charge in [-0.2, -0.15) is 0 Å². The van der Waals surface area contributed by atoms with E-state index in [2.05, 4.69) is 5.32 Å². The molecule has 4 heteroatoms. The van der Waals surface area contributed by atoms with E-state index < -0.39 is 5.41 Å². The van der Waals surface area contributed by atoms with Gasteiger partial charge in [0.1, 0.15) is 0 Å². The van der Waals surface area contributed by atoms with Crippen molar-refractivity contribution in [3.05, 3.63) is 0 Å². The first-order valence-corrected chi connectivity index (χ1v) is 5.61. The second-order valence-corrected chi connectivity index (χ2v) is 5.03. The largest absolute Gasteiger partial charge is 0.353 e. The van der Waals surface area contributed by atoms with Gasteiger partial charge in [0.05, 0.1) is 5.41 Å². The molecule has 0 spiro atoms. The Labute approximate surface area is 90.4 Å². The second-order valence-electron chi connectivity index (χ2n) is 4.76. The number of rotatable bonds is 3. The van der Waals surface area contributed by atoms with Crippen LogP contribution in [-0.4, -0.2) is 23.9 Å². The Morgan fingerprint density at radius 1 is 1.57 bits per heavy atom. The van der Waals surface area contributed by atoms with Crippen LogP contribution in [0.2, 0.25) is 0 Å². The van der Waals surface area contributed by atoms with Gasteiger partial charge in [0.2, 0.25) is 5.91 Å². The Morgan fingerprint density at radius 3 is 2.64 bits per heavy atom. The third-order valence-electron chi connectivity index (χ3n) is 2.76. The molecule has 2 unspecified atom stereocenters. The summed E-state index contributed by atoms with van der Waals surface area (Å²) in [6, 6.07) is 0.499. The van der Waals surface area contributed by atoms with Crippen molar-refractivity contribution >= 4 is 17.5 Å². The molecule has 1 aliphatic rings. The zero-order valence-electron chi connectivity index (χ0n) is 8.85. The van der Waals surface area contributed by atoms with Crippen LogP contribution in [0.5, 0.6) is 0 Å². The van der Waals surface area contributed by atoms with Crippen molar-refractivity contribution in [1.29, 1.82) is 0 Å². The maximum atomic E-state index is 11.7. The van der Waals surface area contributed by atoms with Crippen LogP contribution in [0.3, 0.4) is 0 Å². The van der Waals surface area contributed by atoms with Gasteiger partial charge in [-0.25, -0.2) is 0 Å². The van der Waals surface area contributed by atoms with Crippen molar-refractivity contribution in [2.45, 2.75) is 45.2 Å². The summed E-state index contributed by atoms with van der Waals surface area (Å²) >= 11 is 5.72. The van der Waals surface area contributed by atoms with Crippen LogP contribution in [0.1, 0.15) is 33.1 Å². The topological polar surface area (TPSA) is 55.1 Å². The van der Waals surface area contributed by atoms with E-state index in [4.69, 9.17) is 17.3 Å². The van der Waals surface area contributed by atoms with E-state index in [1.807, 2.05) is 13.8 Å². The highest BCUT2D eigenvalue weighted by Gasteiger charge is 2.30. The number of hydrogen-bond acceptors (Lipinski definition) is 2. The first kappa shape index (κ1) is 11.8. The molecular formula is C10H19ClN2O. The van der Waals surface area contributed by atoms with E-state index in [1.54, 1.807) is 0 Å². The number of carbonyl (C=O) groups excluding carboxylic acids is 1. The lowest BCUT2D eigenvalue weighted by Gasteiger charge is -2.23. The molecule has 0 heterocycles. The first-order valence-electron chi connectivity index (χ1n) is 5.08. The summed E-state index contributed by atoms with van der Waals surface area (Å²) in [7, 11) is 0. The molecule has 82 valence electrons. The minimum atomic E-state index is -0.478. The molecule has 0 saturated heterocycles. The van der Waals surface area contributed by atoms with Crippen LogP contribution in [0.25, 0.3) is 0 Å². The molecule has 1 rings (SSSR count). The highest BCUT2D eigenvalue weighted by molar-refractivity contribution is 6.19. The first-order chi connectivity index (χ1) is 6.45. The summed E-state index contributed by atoms with van der Waals surface area (Å²) in [5, 5.41) is 3.00. The maximum absolute atomic E-state index is 11.7. The van der Waals surface area contributed by atoms with Crippen molar-refractivity contribution in [2.75, 3.05) is 5.88 Å². The van der Waals surface area contributed by atoms with E-state index in [9.17, 15) is 4.79 Å². The molecule has 0 aromatic heterocycles. The Hall–Kier alpha value is -0.280. The average molecular weight is 219 g/mol. The molecule has 1 fully saturated rings. The summed E-state index contributed by atoms with van der Waals surface area (Å²) in [5.74, 6) is 0.379. The minimum Gasteiger partial charge on any atom is -0.353 e. The predicted octanol–water partition coefficient (Wildman–Crippen LogP) is 1.25. The van der Waals surface area contributed by atoms with Gasteiger partial charge in [-0.15, -0.1) is 11.6 Å². The lowest BCUT2D eigenvalue weighted by molar-refractivity contribution is -0.129. The van der Waals surface area contributed by atoms with Gasteiger partial charge < -0.3 is 11.1 Å². The molecule has 1 aliphatic carbocycles. The van der Waals surface area contributed by atoms with Gasteiger partial charge in [-0.1, -0.05) is 0 Å². The summed E-state index contributed by atoms with van der Waals surface area (Å²) in [6.45, 7) is 3.70. The van der Waals surface area contributed by atoms with Gasteiger partial charge in [0, 0.05) is 18.0 Å². The van der Waals surface area contributed by atoms with Gasteiger partial charge in [-0.3, -0.25) is 4.79 Å². The fraction of sp³-hybridized carbons (Fsp3) is 0.900. The van der Waals surface area contributed by atoms with Crippen molar-refractivity contribution in [1.82, 2.24) is 5.32 Å². The molecule has 0 aromatic rings. The molecule has 14 heavy (non-hydrogen) atoms. The molecule has 0 aliphatic heterocycles. The summed E-state index contributed by atoms with van der Waals surface area (Å²) in [6.07, 6.45) is 2.89. The van der Waals surface area contributed by atoms with Crippen molar-refractivity contribution < 1.29 is 4.79 Å². The summed E-state index contributed by atoms with van der Waals surface area (Å²) in [4.78, 5) is 11.7. The number of halogens is 1. The van der Waals surface area contributed by atoms with E-state index in [0.29, 0.717) is 5.88 Å². The lowest BCUT2D eigenvalue weighted by atomic mass is 9.94. The zero-order chi connectivity index (χ0) is 10.8. The van der Waals surface area contributed by atoms with Gasteiger partial charge >= 0.3 is 0 Å². The van der Waals surface area contributed by atoms with Crippen LogP contribution < -0.4 is 11.1 Å². The second kappa shape index (κ2) is 4.49. The number of amides is 1. The van der Waals surface area contributed by atoms with Gasteiger partial charge in [-0.05, 0) is 33.1 Å². The monoisotopic (exact) mass is 218 g/mol. The number of nitrogens with one attached hydrogen (secondary N) is 1. The van der Waals surface area contributed by atoms with E-state index in [-0.39, 0.29) is 18.0 Å². The van der Waals surface area contributed by atoms with E-state index in [1.165, 1.54) is 0 Å². The number of nitrogens with two attached hydrogens (primary N) is 1. The molecule has 1 saturated carbocycles. The van der Waals surface area contributed by atoms with Crippen LogP contribution in [0, 0.1) is 5.41 Å². The third kappa shape index (κ3) is 2.85. The number of hydrogen-bond donors (Lipinski definition) is 2. The zero-order valence-corrected chi connectivity index (χ0v) is 9.60. The lowest BCUT2D eigenvalue weighted by Crippen LogP contribution is -2.43. The molecule has 2 atom stereocenters. The quantitative estimate of drug-likeness (QED) is 0.701. The summed E-state index contributed by atoms with van der Waals surface area (Å²) < 4.78 is 0. The van der Waals surface area contributed by atoms with E-state index >= 15 is 0 Å². The van der Waals surface area contributed by atoms with Crippen LogP contribution in [0.15, 0.2) is 0 Å². The molecule has 0 aromatic carbocycles. The molecular weight excluding hydrogens is 200 g/mol. The van der Waals surface area contributed by atoms with Gasteiger partial charge in [0.25, 0.3) is 0 Å². The van der Waals surface area contributed by atoms with Crippen molar-refractivity contribution in [3.8, 4) is 0 Å². The fourth-order valence-corrected chi connectivity index (χ4v) is 1.71. The number of alkyl halides is 1. The third-order valence-corrected chi connectivity index (χ3v) is 3.43. The van der Waals surface area contributed by atoms with Crippen LogP contribution in [-0.2, 0) is 4.79 Å². The molecule has 3 nitrogen and oxygen atoms in total. The normalized spacial score (nSPS) is 27.7. The van der Waals surface area contributed by atoms with Crippen LogP contribution >= 0.6 is 11.6 Å². The molecule has 0 bridgehead atoms. The average Bonchev–Trinajstić information content (AvgIpc) is 2.51. The maximum Gasteiger partial charge on any atom is 0.227 e. The summed E-state index contributed by atoms with van der Waals surface area (Å²) in [5.41, 5.74) is 5.29. The standard InChI is InChI=1S/C10H19ClN2O/c1-10(2,6-11)9(14)13-8-4-3-7(12)5-8/h7-8H,3-6,12H2,1-2H3,(H,13,14). The Balaban J connectivity index is 2.41. The fourth-order valence-electron chi connectivity index (χ4n) is 1.59. The van der Waals surface area contributed by atoms with Gasteiger partial charge in [0.15, 0.2) is 0 Å². The molecule has 1 amide bonds. The Bertz CT molecular complexity index is 218. The molecule has 0 radical (unpaired) electrons. The Kier molecular flexibility index (Phi) is 3.78. The number of carbonyl (C=O) groups is 1. The van der Waals surface area contributed by atoms with Crippen molar-refractivity contribution in [2.24, 2.45) is 11.1 Å². The minimum absolute atomic E-state index is 0.0339. The SMILES string of the molecule is CC(C)(CCl)C(=O)NC1CCC(N)C1. The highest BCUT2D eigenvalue weighted by atomic mass is 35.5. The Morgan fingerprint density at radius 2 is 2.21 bits per heavy atom. The van der Waals surface area contributed by atoms with Crippen LogP contribution in [0.4, 0.5) is 0 Å². The smallest absolute Gasteiger partial charge is 0.227 e. The van der Waals surface area contributed by atoms with E-state index in [0.717, 1.165) is 19.3 Å². The molecule has 3 N–H and O–H groups in total. The highest BCUT2D eigenvalue weighted by Crippen LogP contribution is 2.21.